The molecule has 112 valence electrons. The Labute approximate surface area is 126 Å². The second-order valence-corrected chi connectivity index (χ2v) is 5.19. The van der Waals surface area contributed by atoms with Crippen molar-refractivity contribution in [1.82, 2.24) is 0 Å². The average molecular weight is 315 g/mol. The SMILES string of the molecule is CN(C)c1ccc(NCc2cc(F)c(F)c(F)c2)cc1Cl. The van der Waals surface area contributed by atoms with E-state index in [-0.39, 0.29) is 6.54 Å². The molecule has 0 aliphatic carbocycles. The van der Waals surface area contributed by atoms with Crippen LogP contribution in [0, 0.1) is 17.5 Å². The van der Waals surface area contributed by atoms with E-state index in [4.69, 9.17) is 11.6 Å². The van der Waals surface area contributed by atoms with E-state index < -0.39 is 17.5 Å². The minimum absolute atomic E-state index is 0.158. The second kappa shape index (κ2) is 6.26. The van der Waals surface area contributed by atoms with Gasteiger partial charge in [-0.2, -0.15) is 0 Å². The van der Waals surface area contributed by atoms with Gasteiger partial charge in [0.2, 0.25) is 0 Å². The number of halogens is 4. The highest BCUT2D eigenvalue weighted by Gasteiger charge is 2.10. The van der Waals surface area contributed by atoms with Gasteiger partial charge in [-0.05, 0) is 35.9 Å². The normalized spacial score (nSPS) is 10.6. The number of hydrogen-bond acceptors (Lipinski definition) is 2. The van der Waals surface area contributed by atoms with E-state index in [1.165, 1.54) is 0 Å². The maximum atomic E-state index is 13.1. The number of benzene rings is 2. The zero-order valence-corrected chi connectivity index (χ0v) is 12.3. The Kier molecular flexibility index (Phi) is 4.63. The van der Waals surface area contributed by atoms with E-state index in [0.29, 0.717) is 16.3 Å². The van der Waals surface area contributed by atoms with Gasteiger partial charge in [0.05, 0.1) is 10.7 Å². The number of rotatable bonds is 4. The molecule has 0 bridgehead atoms. The molecule has 0 heterocycles. The minimum atomic E-state index is -1.46. The molecule has 0 unspecified atom stereocenters. The Bertz CT molecular complexity index is 636. The van der Waals surface area contributed by atoms with Gasteiger partial charge in [-0.25, -0.2) is 13.2 Å². The summed E-state index contributed by atoms with van der Waals surface area (Å²) in [5.74, 6) is -3.86. The molecule has 0 atom stereocenters. The molecule has 0 spiro atoms. The Morgan fingerprint density at radius 2 is 1.67 bits per heavy atom. The van der Waals surface area contributed by atoms with Gasteiger partial charge in [0, 0.05) is 26.3 Å². The molecule has 1 N–H and O–H groups in total. The van der Waals surface area contributed by atoms with Gasteiger partial charge in [-0.1, -0.05) is 11.6 Å². The Balaban J connectivity index is 2.12. The fourth-order valence-corrected chi connectivity index (χ4v) is 2.24. The molecule has 0 aromatic heterocycles. The zero-order valence-electron chi connectivity index (χ0n) is 11.6. The van der Waals surface area contributed by atoms with Crippen molar-refractivity contribution in [3.63, 3.8) is 0 Å². The highest BCUT2D eigenvalue weighted by atomic mass is 35.5. The van der Waals surface area contributed by atoms with E-state index >= 15 is 0 Å². The standard InChI is InChI=1S/C15H14ClF3N2/c1-21(2)14-4-3-10(7-11(14)16)20-8-9-5-12(17)15(19)13(18)6-9/h3-7,20H,8H2,1-2H3. The molecule has 0 saturated carbocycles. The lowest BCUT2D eigenvalue weighted by molar-refractivity contribution is 0.445. The first-order valence-electron chi connectivity index (χ1n) is 6.22. The van der Waals surface area contributed by atoms with Gasteiger partial charge in [0.25, 0.3) is 0 Å². The van der Waals surface area contributed by atoms with Gasteiger partial charge in [0.15, 0.2) is 17.5 Å². The van der Waals surface area contributed by atoms with Crippen LogP contribution >= 0.6 is 11.6 Å². The quantitative estimate of drug-likeness (QED) is 0.840. The first kappa shape index (κ1) is 15.5. The number of nitrogens with zero attached hydrogens (tertiary/aromatic N) is 1. The van der Waals surface area contributed by atoms with E-state index in [2.05, 4.69) is 5.32 Å². The molecular formula is C15H14ClF3N2. The smallest absolute Gasteiger partial charge is 0.194 e. The van der Waals surface area contributed by atoms with Gasteiger partial charge in [0.1, 0.15) is 0 Å². The summed E-state index contributed by atoms with van der Waals surface area (Å²) >= 11 is 6.13. The number of nitrogens with one attached hydrogen (secondary N) is 1. The van der Waals surface area contributed by atoms with Crippen LogP contribution in [-0.4, -0.2) is 14.1 Å². The monoisotopic (exact) mass is 314 g/mol. The summed E-state index contributed by atoms with van der Waals surface area (Å²) in [5, 5.41) is 3.54. The molecule has 0 aliphatic heterocycles. The maximum Gasteiger partial charge on any atom is 0.194 e. The topological polar surface area (TPSA) is 15.3 Å². The van der Waals surface area contributed by atoms with Crippen molar-refractivity contribution in [3.8, 4) is 0 Å². The fraction of sp³-hybridized carbons (Fsp3) is 0.200. The first-order valence-corrected chi connectivity index (χ1v) is 6.60. The molecule has 2 aromatic rings. The summed E-state index contributed by atoms with van der Waals surface area (Å²) < 4.78 is 39.1. The lowest BCUT2D eigenvalue weighted by atomic mass is 10.2. The minimum Gasteiger partial charge on any atom is -0.381 e. The van der Waals surface area contributed by atoms with Crippen molar-refractivity contribution in [2.24, 2.45) is 0 Å². The van der Waals surface area contributed by atoms with E-state index in [1.807, 2.05) is 25.1 Å². The molecule has 0 radical (unpaired) electrons. The van der Waals surface area contributed by atoms with Crippen LogP contribution in [0.25, 0.3) is 0 Å². The largest absolute Gasteiger partial charge is 0.381 e. The van der Waals surface area contributed by atoms with Gasteiger partial charge in [-0.15, -0.1) is 0 Å². The van der Waals surface area contributed by atoms with Crippen LogP contribution in [0.1, 0.15) is 5.56 Å². The summed E-state index contributed by atoms with van der Waals surface area (Å²) in [4.78, 5) is 1.87. The number of anilines is 2. The summed E-state index contributed by atoms with van der Waals surface area (Å²) in [5.41, 5.74) is 1.87. The zero-order chi connectivity index (χ0) is 15.6. The molecule has 0 amide bonds. The van der Waals surface area contributed by atoms with Crippen LogP contribution in [0.3, 0.4) is 0 Å². The van der Waals surface area contributed by atoms with Gasteiger partial charge in [-0.3, -0.25) is 0 Å². The molecule has 6 heteroatoms. The van der Waals surface area contributed by atoms with Crippen molar-refractivity contribution < 1.29 is 13.2 Å². The molecule has 2 rings (SSSR count). The van der Waals surface area contributed by atoms with E-state index in [9.17, 15) is 13.2 Å². The Hall–Kier alpha value is -1.88. The molecule has 2 nitrogen and oxygen atoms in total. The summed E-state index contributed by atoms with van der Waals surface area (Å²) in [6, 6.07) is 7.27. The fourth-order valence-electron chi connectivity index (χ4n) is 1.89. The molecule has 0 saturated heterocycles. The maximum absolute atomic E-state index is 13.1. The third-order valence-corrected chi connectivity index (χ3v) is 3.27. The number of hydrogen-bond donors (Lipinski definition) is 1. The predicted molar refractivity (Wildman–Crippen MR) is 79.4 cm³/mol. The Morgan fingerprint density at radius 1 is 1.05 bits per heavy atom. The van der Waals surface area contributed by atoms with Crippen molar-refractivity contribution in [2.75, 3.05) is 24.3 Å². The first-order chi connectivity index (χ1) is 9.88. The summed E-state index contributed by atoms with van der Waals surface area (Å²) in [6.07, 6.45) is 0. The van der Waals surface area contributed by atoms with Crippen LogP contribution in [0.5, 0.6) is 0 Å². The van der Waals surface area contributed by atoms with Crippen LogP contribution in [-0.2, 0) is 6.54 Å². The van der Waals surface area contributed by atoms with Crippen molar-refractivity contribution in [1.29, 1.82) is 0 Å². The van der Waals surface area contributed by atoms with Gasteiger partial charge >= 0.3 is 0 Å². The molecule has 2 aromatic carbocycles. The van der Waals surface area contributed by atoms with Crippen LogP contribution < -0.4 is 10.2 Å². The molecule has 0 fully saturated rings. The average Bonchev–Trinajstić information content (AvgIpc) is 2.42. The highest BCUT2D eigenvalue weighted by Crippen LogP contribution is 2.27. The van der Waals surface area contributed by atoms with E-state index in [1.54, 1.807) is 12.1 Å². The lowest BCUT2D eigenvalue weighted by Gasteiger charge is -2.15. The third-order valence-electron chi connectivity index (χ3n) is 2.97. The van der Waals surface area contributed by atoms with Crippen LogP contribution in [0.15, 0.2) is 30.3 Å². The van der Waals surface area contributed by atoms with Crippen LogP contribution in [0.2, 0.25) is 5.02 Å². The van der Waals surface area contributed by atoms with Gasteiger partial charge < -0.3 is 10.2 Å². The second-order valence-electron chi connectivity index (χ2n) is 4.79. The van der Waals surface area contributed by atoms with E-state index in [0.717, 1.165) is 17.8 Å². The third kappa shape index (κ3) is 3.61. The summed E-state index contributed by atoms with van der Waals surface area (Å²) in [6.45, 7) is 0.158. The van der Waals surface area contributed by atoms with Crippen molar-refractivity contribution in [2.45, 2.75) is 6.54 Å². The molecular weight excluding hydrogens is 301 g/mol. The van der Waals surface area contributed by atoms with Crippen molar-refractivity contribution in [3.05, 3.63) is 58.4 Å². The molecule has 21 heavy (non-hydrogen) atoms. The predicted octanol–water partition coefficient (Wildman–Crippen LogP) is 4.44. The van der Waals surface area contributed by atoms with Crippen molar-refractivity contribution >= 4 is 23.0 Å². The summed E-state index contributed by atoms with van der Waals surface area (Å²) in [7, 11) is 3.75. The Morgan fingerprint density at radius 3 is 2.19 bits per heavy atom. The van der Waals surface area contributed by atoms with Crippen LogP contribution in [0.4, 0.5) is 24.5 Å². The lowest BCUT2D eigenvalue weighted by Crippen LogP contribution is -2.09. The highest BCUT2D eigenvalue weighted by molar-refractivity contribution is 6.33. The molecule has 0 aliphatic rings.